The Morgan fingerprint density at radius 3 is 1.11 bits per heavy atom. The van der Waals surface area contributed by atoms with Crippen LogP contribution in [0.4, 0.5) is 0 Å². The molecular weight excluding hydrogens is 935 g/mol. The number of rotatable bonds is 45. The molecule has 2 aromatic carbocycles. The van der Waals surface area contributed by atoms with E-state index >= 15 is 0 Å². The zero-order chi connectivity index (χ0) is 50.1. The van der Waals surface area contributed by atoms with Crippen LogP contribution in [0.5, 0.6) is 0 Å². The summed E-state index contributed by atoms with van der Waals surface area (Å²) in [6, 6.07) is 16.9. The monoisotopic (exact) mass is 1000 g/mol. The highest BCUT2D eigenvalue weighted by Gasteiger charge is 2.32. The molecule has 1 aromatic heterocycles. The lowest BCUT2D eigenvalue weighted by Gasteiger charge is -2.12. The van der Waals surface area contributed by atoms with Crippen molar-refractivity contribution in [3.8, 4) is 22.8 Å². The SMILES string of the molecule is O=C(CCCOCCOCCOCCOCCOCCOCCOCCOCCOCCOCCOCCOCCC(=O)ON1C(=O)CCC1=O)OCc1ccc(-c2nnc(-c3ccccc3)nn2)cc1. The molecule has 23 heteroatoms. The summed E-state index contributed by atoms with van der Waals surface area (Å²) in [5.41, 5.74) is 2.46. The van der Waals surface area contributed by atoms with Gasteiger partial charge in [0, 0.05) is 37.0 Å². The van der Waals surface area contributed by atoms with Gasteiger partial charge in [0.15, 0.2) is 0 Å². The molecule has 0 unspecified atom stereocenters. The Morgan fingerprint density at radius 2 is 0.732 bits per heavy atom. The number of ether oxygens (including phenoxy) is 13. The number of nitrogens with zero attached hydrogens (tertiary/aromatic N) is 5. The third-order valence-corrected chi connectivity index (χ3v) is 9.53. The van der Waals surface area contributed by atoms with Gasteiger partial charge in [-0.3, -0.25) is 14.4 Å². The molecule has 0 radical (unpaired) electrons. The van der Waals surface area contributed by atoms with Crippen molar-refractivity contribution in [3.05, 3.63) is 60.2 Å². The van der Waals surface area contributed by atoms with Gasteiger partial charge < -0.3 is 66.4 Å². The Bertz CT molecular complexity index is 1840. The molecule has 1 saturated heterocycles. The van der Waals surface area contributed by atoms with Gasteiger partial charge in [-0.05, 0) is 12.0 Å². The highest BCUT2D eigenvalue weighted by atomic mass is 16.7. The van der Waals surface area contributed by atoms with Gasteiger partial charge in [0.2, 0.25) is 11.6 Å². The van der Waals surface area contributed by atoms with Crippen molar-refractivity contribution in [3.63, 3.8) is 0 Å². The number of carbonyl (C=O) groups is 4. The van der Waals surface area contributed by atoms with Crippen molar-refractivity contribution in [2.45, 2.75) is 38.7 Å². The largest absolute Gasteiger partial charge is 0.461 e. The maximum atomic E-state index is 12.2. The van der Waals surface area contributed by atoms with Crippen molar-refractivity contribution < 1.29 is 85.6 Å². The smallest absolute Gasteiger partial charge is 0.335 e. The molecule has 71 heavy (non-hydrogen) atoms. The molecule has 0 saturated carbocycles. The molecule has 0 bridgehead atoms. The maximum absolute atomic E-state index is 12.2. The summed E-state index contributed by atoms with van der Waals surface area (Å²) >= 11 is 0. The first-order valence-corrected chi connectivity index (χ1v) is 23.9. The molecule has 3 aromatic rings. The fourth-order valence-electron chi connectivity index (χ4n) is 5.83. The summed E-state index contributed by atoms with van der Waals surface area (Å²) in [7, 11) is 0. The van der Waals surface area contributed by atoms with Gasteiger partial charge in [0.1, 0.15) is 6.61 Å². The first-order chi connectivity index (χ1) is 35.0. The molecule has 1 fully saturated rings. The summed E-state index contributed by atoms with van der Waals surface area (Å²) in [4.78, 5) is 51.5. The Kier molecular flexibility index (Phi) is 32.6. The van der Waals surface area contributed by atoms with Crippen molar-refractivity contribution in [1.82, 2.24) is 25.5 Å². The Morgan fingerprint density at radius 1 is 0.394 bits per heavy atom. The van der Waals surface area contributed by atoms with E-state index in [1.54, 1.807) is 0 Å². The molecular formula is C48H69N5O18. The van der Waals surface area contributed by atoms with Crippen molar-refractivity contribution in [1.29, 1.82) is 0 Å². The van der Waals surface area contributed by atoms with E-state index in [0.717, 1.165) is 16.7 Å². The number of hydrogen-bond acceptors (Lipinski definition) is 22. The summed E-state index contributed by atoms with van der Waals surface area (Å²) in [6.07, 6.45) is 0.834. The number of hydroxylamine groups is 2. The quantitative estimate of drug-likeness (QED) is 0.0448. The Labute approximate surface area is 414 Å². The van der Waals surface area contributed by atoms with Crippen LogP contribution in [-0.2, 0) is 92.2 Å². The Hall–Kier alpha value is -5.02. The first kappa shape index (κ1) is 58.5. The molecule has 0 N–H and O–H groups in total. The predicted octanol–water partition coefficient (Wildman–Crippen LogP) is 2.62. The van der Waals surface area contributed by atoms with Crippen LogP contribution in [0.15, 0.2) is 54.6 Å². The minimum atomic E-state index is -0.706. The van der Waals surface area contributed by atoms with Crippen LogP contribution in [0, 0.1) is 0 Å². The zero-order valence-corrected chi connectivity index (χ0v) is 40.5. The molecule has 1 aliphatic rings. The lowest BCUT2D eigenvalue weighted by molar-refractivity contribution is -0.198. The van der Waals surface area contributed by atoms with E-state index in [1.165, 1.54) is 0 Å². The van der Waals surface area contributed by atoms with Crippen molar-refractivity contribution in [2.24, 2.45) is 0 Å². The van der Waals surface area contributed by atoms with Crippen LogP contribution < -0.4 is 0 Å². The fourth-order valence-corrected chi connectivity index (χ4v) is 5.83. The number of esters is 1. The van der Waals surface area contributed by atoms with Crippen LogP contribution in [0.1, 0.15) is 37.7 Å². The molecule has 2 amide bonds. The van der Waals surface area contributed by atoms with Gasteiger partial charge in [-0.15, -0.1) is 25.5 Å². The van der Waals surface area contributed by atoms with Gasteiger partial charge in [0.05, 0.1) is 158 Å². The first-order valence-electron chi connectivity index (χ1n) is 23.9. The predicted molar refractivity (Wildman–Crippen MR) is 249 cm³/mol. The third-order valence-electron chi connectivity index (χ3n) is 9.53. The number of carbonyl (C=O) groups excluding carboxylic acids is 4. The molecule has 0 spiro atoms. The van der Waals surface area contributed by atoms with Gasteiger partial charge in [0.25, 0.3) is 11.8 Å². The van der Waals surface area contributed by atoms with E-state index in [-0.39, 0.29) is 51.5 Å². The molecule has 1 aliphatic heterocycles. The fraction of sp³-hybridized carbons (Fsp3) is 0.625. The lowest BCUT2D eigenvalue weighted by Crippen LogP contribution is -2.32. The van der Waals surface area contributed by atoms with E-state index in [9.17, 15) is 19.2 Å². The number of benzene rings is 2. The number of hydrogen-bond donors (Lipinski definition) is 0. The van der Waals surface area contributed by atoms with Gasteiger partial charge in [-0.25, -0.2) is 4.79 Å². The van der Waals surface area contributed by atoms with Crippen molar-refractivity contribution >= 4 is 23.8 Å². The van der Waals surface area contributed by atoms with Crippen LogP contribution in [0.3, 0.4) is 0 Å². The maximum Gasteiger partial charge on any atom is 0.335 e. The summed E-state index contributed by atoms with van der Waals surface area (Å²) in [5.74, 6) is -1.16. The van der Waals surface area contributed by atoms with Crippen LogP contribution in [-0.4, -0.2) is 208 Å². The molecule has 0 atom stereocenters. The average Bonchev–Trinajstić information content (AvgIpc) is 3.71. The third kappa shape index (κ3) is 28.6. The van der Waals surface area contributed by atoms with Crippen molar-refractivity contribution in [2.75, 3.05) is 159 Å². The minimum absolute atomic E-state index is 0.0522. The zero-order valence-electron chi connectivity index (χ0n) is 40.5. The molecule has 0 aliphatic carbocycles. The van der Waals surface area contributed by atoms with Crippen LogP contribution >= 0.6 is 0 Å². The topological polar surface area (TPSA) is 252 Å². The molecule has 23 nitrogen and oxygen atoms in total. The second-order valence-electron chi connectivity index (χ2n) is 15.0. The van der Waals surface area contributed by atoms with Crippen LogP contribution in [0.25, 0.3) is 22.8 Å². The summed E-state index contributed by atoms with van der Waals surface area (Å²) in [5, 5.41) is 17.3. The number of aromatic nitrogens is 4. The Balaban J connectivity index is 0.763. The number of imide groups is 1. The van der Waals surface area contributed by atoms with E-state index in [0.29, 0.717) is 168 Å². The van der Waals surface area contributed by atoms with E-state index < -0.39 is 17.8 Å². The molecule has 2 heterocycles. The van der Waals surface area contributed by atoms with E-state index in [1.807, 2.05) is 54.6 Å². The van der Waals surface area contributed by atoms with E-state index in [4.69, 9.17) is 66.4 Å². The van der Waals surface area contributed by atoms with Gasteiger partial charge >= 0.3 is 11.9 Å². The van der Waals surface area contributed by atoms with Crippen LogP contribution in [0.2, 0.25) is 0 Å². The normalized spacial score (nSPS) is 12.5. The highest BCUT2D eigenvalue weighted by molar-refractivity contribution is 6.01. The van der Waals surface area contributed by atoms with Gasteiger partial charge in [-0.1, -0.05) is 54.6 Å². The van der Waals surface area contributed by atoms with Gasteiger partial charge in [-0.2, -0.15) is 0 Å². The minimum Gasteiger partial charge on any atom is -0.461 e. The molecule has 394 valence electrons. The van der Waals surface area contributed by atoms with E-state index in [2.05, 4.69) is 20.4 Å². The average molecular weight is 1000 g/mol. The second kappa shape index (κ2) is 39.6. The summed E-state index contributed by atoms with van der Waals surface area (Å²) in [6.45, 7) is 10.2. The highest BCUT2D eigenvalue weighted by Crippen LogP contribution is 2.17. The standard InChI is InChI=1S/C48H69N5O18/c54-43-12-13-44(55)53(43)71-46(57)14-16-59-18-20-61-22-24-63-26-28-65-30-32-67-34-36-69-38-37-68-35-33-66-31-29-64-27-25-62-23-21-60-19-17-58-15-4-7-45(56)70-39-40-8-10-42(11-9-40)48-51-49-47(50-52-48)41-5-2-1-3-6-41/h1-3,5-6,8-11H,4,7,12-39H2. The second-order valence-corrected chi connectivity index (χ2v) is 15.0. The number of amides is 2. The summed E-state index contributed by atoms with van der Waals surface area (Å²) < 4.78 is 71.1. The lowest BCUT2D eigenvalue weighted by atomic mass is 10.1. The molecule has 4 rings (SSSR count).